The first-order valence-corrected chi connectivity index (χ1v) is 8.21. The van der Waals surface area contributed by atoms with Gasteiger partial charge in [0.05, 0.1) is 34.3 Å². The lowest BCUT2D eigenvalue weighted by atomic mass is 9.96. The molecule has 2 heterocycles. The zero-order valence-electron chi connectivity index (χ0n) is 12.9. The van der Waals surface area contributed by atoms with Crippen molar-refractivity contribution in [2.45, 2.75) is 52.0 Å². The van der Waals surface area contributed by atoms with Crippen LogP contribution in [0.4, 0.5) is 0 Å². The zero-order valence-corrected chi connectivity index (χ0v) is 13.7. The number of aryl methyl sites for hydroxylation is 1. The van der Waals surface area contributed by atoms with Crippen molar-refractivity contribution in [2.75, 3.05) is 6.61 Å². The van der Waals surface area contributed by atoms with Crippen molar-refractivity contribution >= 4 is 28.6 Å². The first-order valence-electron chi connectivity index (χ1n) is 7.84. The number of esters is 1. The maximum atomic E-state index is 12.0. The highest BCUT2D eigenvalue weighted by Gasteiger charge is 2.24. The minimum atomic E-state index is -0.438. The van der Waals surface area contributed by atoms with Gasteiger partial charge in [-0.1, -0.05) is 30.9 Å². The molecular formula is C16H20ClN3O2. The summed E-state index contributed by atoms with van der Waals surface area (Å²) in [5, 5.41) is 5.79. The number of hydrogen-bond donors (Lipinski definition) is 0. The van der Waals surface area contributed by atoms with Gasteiger partial charge in [-0.05, 0) is 26.7 Å². The van der Waals surface area contributed by atoms with Crippen molar-refractivity contribution in [1.82, 2.24) is 14.8 Å². The molecule has 0 saturated heterocycles. The van der Waals surface area contributed by atoms with Crippen LogP contribution in [0.3, 0.4) is 0 Å². The highest BCUT2D eigenvalue weighted by molar-refractivity contribution is 6.38. The molecule has 118 valence electrons. The Morgan fingerprint density at radius 3 is 2.82 bits per heavy atom. The van der Waals surface area contributed by atoms with Crippen LogP contribution in [0.2, 0.25) is 5.02 Å². The Morgan fingerprint density at radius 2 is 2.14 bits per heavy atom. The van der Waals surface area contributed by atoms with Crippen LogP contribution >= 0.6 is 11.6 Å². The lowest BCUT2D eigenvalue weighted by molar-refractivity contribution is 0.0526. The van der Waals surface area contributed by atoms with Gasteiger partial charge in [0, 0.05) is 6.20 Å². The molecule has 2 aromatic heterocycles. The summed E-state index contributed by atoms with van der Waals surface area (Å²) >= 11 is 6.44. The number of halogens is 1. The van der Waals surface area contributed by atoms with Crippen molar-refractivity contribution in [1.29, 1.82) is 0 Å². The third kappa shape index (κ3) is 2.58. The van der Waals surface area contributed by atoms with Crippen molar-refractivity contribution in [3.8, 4) is 0 Å². The molecule has 0 spiro atoms. The van der Waals surface area contributed by atoms with Crippen LogP contribution in [0.25, 0.3) is 11.0 Å². The van der Waals surface area contributed by atoms with E-state index in [2.05, 4.69) is 10.1 Å². The molecule has 3 rings (SSSR count). The number of ether oxygens (including phenoxy) is 1. The van der Waals surface area contributed by atoms with Crippen LogP contribution in [0, 0.1) is 6.92 Å². The smallest absolute Gasteiger partial charge is 0.341 e. The average molecular weight is 322 g/mol. The molecule has 0 radical (unpaired) electrons. The molecule has 0 N–H and O–H groups in total. The first-order chi connectivity index (χ1) is 10.6. The lowest BCUT2D eigenvalue weighted by Gasteiger charge is -2.22. The van der Waals surface area contributed by atoms with Gasteiger partial charge in [-0.2, -0.15) is 5.10 Å². The van der Waals surface area contributed by atoms with E-state index < -0.39 is 5.97 Å². The van der Waals surface area contributed by atoms with Crippen LogP contribution in [0.5, 0.6) is 0 Å². The summed E-state index contributed by atoms with van der Waals surface area (Å²) in [7, 11) is 0. The van der Waals surface area contributed by atoms with E-state index >= 15 is 0 Å². The molecule has 1 saturated carbocycles. The predicted molar refractivity (Wildman–Crippen MR) is 85.4 cm³/mol. The van der Waals surface area contributed by atoms with Crippen molar-refractivity contribution in [3.63, 3.8) is 0 Å². The van der Waals surface area contributed by atoms with Crippen molar-refractivity contribution in [2.24, 2.45) is 0 Å². The van der Waals surface area contributed by atoms with Crippen molar-refractivity contribution in [3.05, 3.63) is 22.5 Å². The summed E-state index contributed by atoms with van der Waals surface area (Å²) in [6.07, 6.45) is 7.47. The van der Waals surface area contributed by atoms with E-state index in [-0.39, 0.29) is 0 Å². The molecule has 1 aliphatic carbocycles. The van der Waals surface area contributed by atoms with Gasteiger partial charge >= 0.3 is 5.97 Å². The Bertz CT molecular complexity index is 705. The number of hydrogen-bond acceptors (Lipinski definition) is 4. The number of nitrogens with zero attached hydrogens (tertiary/aromatic N) is 3. The maximum absolute atomic E-state index is 12.0. The molecule has 0 bridgehead atoms. The standard InChI is InChI=1S/C16H20ClN3O2/c1-3-22-16(21)12-9-18-15-13(14(12)17)10(2)19-20(15)11-7-5-4-6-8-11/h9,11H,3-8H2,1-2H3. The van der Waals surface area contributed by atoms with Gasteiger partial charge in [0.15, 0.2) is 5.65 Å². The van der Waals surface area contributed by atoms with Gasteiger partial charge in [0.1, 0.15) is 0 Å². The fourth-order valence-electron chi connectivity index (χ4n) is 3.16. The van der Waals surface area contributed by atoms with Crippen LogP contribution in [0.1, 0.15) is 61.1 Å². The largest absolute Gasteiger partial charge is 0.462 e. The monoisotopic (exact) mass is 321 g/mol. The molecule has 5 nitrogen and oxygen atoms in total. The van der Waals surface area contributed by atoms with Crippen molar-refractivity contribution < 1.29 is 9.53 Å². The third-order valence-corrected chi connectivity index (χ3v) is 4.64. The van der Waals surface area contributed by atoms with Crippen LogP contribution in [-0.4, -0.2) is 27.3 Å². The predicted octanol–water partition coefficient (Wildman–Crippen LogP) is 4.08. The van der Waals surface area contributed by atoms with Crippen LogP contribution < -0.4 is 0 Å². The number of fused-ring (bicyclic) bond motifs is 1. The molecule has 6 heteroatoms. The summed E-state index contributed by atoms with van der Waals surface area (Å²) in [6.45, 7) is 3.99. The van der Waals surface area contributed by atoms with Gasteiger partial charge in [-0.3, -0.25) is 0 Å². The van der Waals surface area contributed by atoms with E-state index in [1.54, 1.807) is 6.92 Å². The number of aromatic nitrogens is 3. The minimum Gasteiger partial charge on any atom is -0.462 e. The van der Waals surface area contributed by atoms with E-state index in [1.807, 2.05) is 11.6 Å². The molecule has 0 amide bonds. The normalized spacial score (nSPS) is 16.1. The maximum Gasteiger partial charge on any atom is 0.341 e. The number of carbonyl (C=O) groups is 1. The number of rotatable bonds is 3. The number of carbonyl (C=O) groups excluding carboxylic acids is 1. The molecule has 2 aromatic rings. The molecule has 0 aromatic carbocycles. The molecule has 1 aliphatic rings. The summed E-state index contributed by atoms with van der Waals surface area (Å²) < 4.78 is 7.02. The Hall–Kier alpha value is -1.62. The van der Waals surface area contributed by atoms with Gasteiger partial charge in [0.25, 0.3) is 0 Å². The third-order valence-electron chi connectivity index (χ3n) is 4.25. The quantitative estimate of drug-likeness (QED) is 0.799. The Labute approximate surface area is 134 Å². The molecule has 0 unspecified atom stereocenters. The second kappa shape index (κ2) is 6.24. The molecule has 22 heavy (non-hydrogen) atoms. The Morgan fingerprint density at radius 1 is 1.41 bits per heavy atom. The van der Waals surface area contributed by atoms with E-state index in [0.717, 1.165) is 29.6 Å². The van der Waals surface area contributed by atoms with Gasteiger partial charge in [-0.15, -0.1) is 0 Å². The van der Waals surface area contributed by atoms with Crippen LogP contribution in [-0.2, 0) is 4.74 Å². The number of pyridine rings is 1. The molecular weight excluding hydrogens is 302 g/mol. The fraction of sp³-hybridized carbons (Fsp3) is 0.562. The second-order valence-electron chi connectivity index (χ2n) is 5.73. The topological polar surface area (TPSA) is 57.0 Å². The van der Waals surface area contributed by atoms with E-state index in [1.165, 1.54) is 25.5 Å². The summed E-state index contributed by atoms with van der Waals surface area (Å²) in [6, 6.07) is 0.377. The summed E-state index contributed by atoms with van der Waals surface area (Å²) in [5.74, 6) is -0.438. The Kier molecular flexibility index (Phi) is 4.34. The highest BCUT2D eigenvalue weighted by Crippen LogP contribution is 2.34. The first kappa shape index (κ1) is 15.3. The average Bonchev–Trinajstić information content (AvgIpc) is 2.86. The zero-order chi connectivity index (χ0) is 15.7. The fourth-order valence-corrected chi connectivity index (χ4v) is 3.51. The summed E-state index contributed by atoms with van der Waals surface area (Å²) in [5.41, 5.74) is 1.88. The van der Waals surface area contributed by atoms with Gasteiger partial charge in [0.2, 0.25) is 0 Å². The Balaban J connectivity index is 2.08. The van der Waals surface area contributed by atoms with E-state index in [0.29, 0.717) is 23.2 Å². The lowest BCUT2D eigenvalue weighted by Crippen LogP contribution is -2.14. The van der Waals surface area contributed by atoms with Gasteiger partial charge < -0.3 is 4.74 Å². The molecule has 0 aliphatic heterocycles. The molecule has 1 fully saturated rings. The highest BCUT2D eigenvalue weighted by atomic mass is 35.5. The van der Waals surface area contributed by atoms with Gasteiger partial charge in [-0.25, -0.2) is 14.5 Å². The van der Waals surface area contributed by atoms with E-state index in [4.69, 9.17) is 16.3 Å². The summed E-state index contributed by atoms with van der Waals surface area (Å²) in [4.78, 5) is 16.4. The van der Waals surface area contributed by atoms with Crippen LogP contribution in [0.15, 0.2) is 6.20 Å². The SMILES string of the molecule is CCOC(=O)c1cnc2c(c(C)nn2C2CCCCC2)c1Cl. The minimum absolute atomic E-state index is 0.308. The molecule has 0 atom stereocenters. The van der Waals surface area contributed by atoms with E-state index in [9.17, 15) is 4.79 Å². The second-order valence-corrected chi connectivity index (χ2v) is 6.10.